The van der Waals surface area contributed by atoms with E-state index in [1.54, 1.807) is 13.8 Å². The summed E-state index contributed by atoms with van der Waals surface area (Å²) in [5.41, 5.74) is 0. The Morgan fingerprint density at radius 2 is 1.06 bits per heavy atom. The molecule has 0 N–H and O–H groups in total. The molecule has 0 saturated carbocycles. The van der Waals surface area contributed by atoms with Gasteiger partial charge in [0.15, 0.2) is 0 Å². The Morgan fingerprint density at radius 1 is 0.722 bits per heavy atom. The van der Waals surface area contributed by atoms with E-state index in [1.807, 2.05) is 0 Å². The average Bonchev–Trinajstić information content (AvgIpc) is 2.38. The molecular weight excluding hydrogens is 240 g/mol. The zero-order chi connectivity index (χ0) is 14.0. The molecule has 0 rings (SSSR count). The third kappa shape index (κ3) is 6.78. The fourth-order valence-electron chi connectivity index (χ4n) is 0.982. The van der Waals surface area contributed by atoms with Crippen LogP contribution in [0.5, 0.6) is 0 Å². The molecule has 0 aromatic rings. The van der Waals surface area contributed by atoms with Crippen LogP contribution in [0.4, 0.5) is 0 Å². The van der Waals surface area contributed by atoms with Gasteiger partial charge < -0.3 is 9.47 Å². The molecule has 0 bridgehead atoms. The van der Waals surface area contributed by atoms with Gasteiger partial charge in [-0.15, -0.1) is 0 Å². The van der Waals surface area contributed by atoms with Crippen LogP contribution in [0.25, 0.3) is 0 Å². The van der Waals surface area contributed by atoms with Crippen LogP contribution in [0.15, 0.2) is 0 Å². The largest absolute Gasteiger partial charge is 0.460 e. The van der Waals surface area contributed by atoms with Crippen LogP contribution in [-0.2, 0) is 28.7 Å². The first kappa shape index (κ1) is 16.3. The van der Waals surface area contributed by atoms with Crippen molar-refractivity contribution in [1.82, 2.24) is 0 Å². The lowest BCUT2D eigenvalue weighted by Gasteiger charge is -2.02. The Labute approximate surface area is 106 Å². The van der Waals surface area contributed by atoms with Crippen LogP contribution < -0.4 is 0 Å². The van der Waals surface area contributed by atoms with E-state index in [0.717, 1.165) is 0 Å². The molecular formula is C12H18O6. The van der Waals surface area contributed by atoms with Gasteiger partial charge in [-0.05, 0) is 12.8 Å². The van der Waals surface area contributed by atoms with E-state index in [4.69, 9.17) is 0 Å². The van der Waals surface area contributed by atoms with Crippen molar-refractivity contribution in [2.24, 2.45) is 0 Å². The molecule has 0 spiro atoms. The molecule has 0 aliphatic heterocycles. The fourth-order valence-corrected chi connectivity index (χ4v) is 0.982. The number of rotatable bonds is 9. The summed E-state index contributed by atoms with van der Waals surface area (Å²) < 4.78 is 9.19. The van der Waals surface area contributed by atoms with Crippen LogP contribution in [0, 0.1) is 0 Å². The Hall–Kier alpha value is -1.72. The standard InChI is InChI=1S/C12H18O6/c1-3-7-17-11(15)9(13)5-6-10(14)12(16)18-8-4-2/h3-8H2,1-2H3. The minimum atomic E-state index is -0.966. The molecule has 6 nitrogen and oxygen atoms in total. The lowest BCUT2D eigenvalue weighted by molar-refractivity contribution is -0.156. The highest BCUT2D eigenvalue weighted by molar-refractivity contribution is 6.37. The number of ether oxygens (including phenoxy) is 2. The van der Waals surface area contributed by atoms with Gasteiger partial charge in [0.25, 0.3) is 0 Å². The molecule has 0 atom stereocenters. The molecule has 18 heavy (non-hydrogen) atoms. The van der Waals surface area contributed by atoms with Crippen molar-refractivity contribution in [3.05, 3.63) is 0 Å². The summed E-state index contributed by atoms with van der Waals surface area (Å²) in [7, 11) is 0. The third-order valence-corrected chi connectivity index (χ3v) is 1.91. The minimum Gasteiger partial charge on any atom is -0.460 e. The zero-order valence-corrected chi connectivity index (χ0v) is 10.7. The first-order chi connectivity index (χ1) is 8.52. The third-order valence-electron chi connectivity index (χ3n) is 1.91. The van der Waals surface area contributed by atoms with Gasteiger partial charge in [-0.1, -0.05) is 13.8 Å². The van der Waals surface area contributed by atoms with Crippen molar-refractivity contribution >= 4 is 23.5 Å². The van der Waals surface area contributed by atoms with Gasteiger partial charge in [0, 0.05) is 12.8 Å². The molecule has 0 fully saturated rings. The predicted octanol–water partition coefficient (Wildman–Crippen LogP) is 0.811. The summed E-state index contributed by atoms with van der Waals surface area (Å²) in [6.07, 6.45) is 0.563. The van der Waals surface area contributed by atoms with Crippen LogP contribution in [0.3, 0.4) is 0 Å². The second kappa shape index (κ2) is 9.32. The molecule has 0 aliphatic rings. The predicted molar refractivity (Wildman–Crippen MR) is 61.7 cm³/mol. The molecule has 0 radical (unpaired) electrons. The van der Waals surface area contributed by atoms with Crippen molar-refractivity contribution in [3.8, 4) is 0 Å². The maximum absolute atomic E-state index is 11.2. The summed E-state index contributed by atoms with van der Waals surface area (Å²) in [5, 5.41) is 0. The first-order valence-electron chi connectivity index (χ1n) is 5.92. The molecule has 0 saturated heterocycles. The lowest BCUT2D eigenvalue weighted by atomic mass is 10.1. The van der Waals surface area contributed by atoms with Gasteiger partial charge >= 0.3 is 11.9 Å². The second-order valence-electron chi connectivity index (χ2n) is 3.62. The fraction of sp³-hybridized carbons (Fsp3) is 0.667. The summed E-state index contributed by atoms with van der Waals surface area (Å²) in [6.45, 7) is 3.92. The Kier molecular flexibility index (Phi) is 8.43. The number of carbonyl (C=O) groups is 4. The molecule has 0 aromatic heterocycles. The molecule has 0 heterocycles. The monoisotopic (exact) mass is 258 g/mol. The van der Waals surface area contributed by atoms with Crippen LogP contribution in [0.2, 0.25) is 0 Å². The van der Waals surface area contributed by atoms with Gasteiger partial charge in [-0.25, -0.2) is 9.59 Å². The Morgan fingerprint density at radius 3 is 1.33 bits per heavy atom. The number of ketones is 2. The van der Waals surface area contributed by atoms with Crippen molar-refractivity contribution in [2.75, 3.05) is 13.2 Å². The summed E-state index contributed by atoms with van der Waals surface area (Å²) in [4.78, 5) is 44.5. The number of hydrogen-bond donors (Lipinski definition) is 0. The topological polar surface area (TPSA) is 86.7 Å². The molecule has 102 valence electrons. The number of esters is 2. The minimum absolute atomic E-state index is 0.164. The maximum atomic E-state index is 11.2. The normalized spacial score (nSPS) is 9.67. The van der Waals surface area contributed by atoms with E-state index in [0.29, 0.717) is 12.8 Å². The van der Waals surface area contributed by atoms with E-state index < -0.39 is 23.5 Å². The second-order valence-corrected chi connectivity index (χ2v) is 3.62. The summed E-state index contributed by atoms with van der Waals surface area (Å²) in [5.74, 6) is -3.54. The highest BCUT2D eigenvalue weighted by atomic mass is 16.5. The van der Waals surface area contributed by atoms with Gasteiger partial charge in [0.1, 0.15) is 0 Å². The Balaban J connectivity index is 3.94. The van der Waals surface area contributed by atoms with Gasteiger partial charge in [0.05, 0.1) is 13.2 Å². The average molecular weight is 258 g/mol. The van der Waals surface area contributed by atoms with E-state index in [2.05, 4.69) is 9.47 Å². The van der Waals surface area contributed by atoms with Crippen LogP contribution in [0.1, 0.15) is 39.5 Å². The summed E-state index contributed by atoms with van der Waals surface area (Å²) in [6, 6.07) is 0. The smallest absolute Gasteiger partial charge is 0.374 e. The Bertz CT molecular complexity index is 289. The number of hydrogen-bond acceptors (Lipinski definition) is 6. The van der Waals surface area contributed by atoms with E-state index >= 15 is 0 Å². The lowest BCUT2D eigenvalue weighted by Crippen LogP contribution is -2.22. The highest BCUT2D eigenvalue weighted by Gasteiger charge is 2.20. The van der Waals surface area contributed by atoms with Crippen LogP contribution >= 0.6 is 0 Å². The van der Waals surface area contributed by atoms with Gasteiger partial charge in [0.2, 0.25) is 11.6 Å². The highest BCUT2D eigenvalue weighted by Crippen LogP contribution is 1.98. The summed E-state index contributed by atoms with van der Waals surface area (Å²) >= 11 is 0. The van der Waals surface area contributed by atoms with Crippen molar-refractivity contribution in [3.63, 3.8) is 0 Å². The number of carbonyl (C=O) groups excluding carboxylic acids is 4. The molecule has 0 unspecified atom stereocenters. The molecule has 0 amide bonds. The van der Waals surface area contributed by atoms with E-state index in [9.17, 15) is 19.2 Å². The van der Waals surface area contributed by atoms with E-state index in [1.165, 1.54) is 0 Å². The van der Waals surface area contributed by atoms with Crippen LogP contribution in [-0.4, -0.2) is 36.7 Å². The maximum Gasteiger partial charge on any atom is 0.374 e. The number of Topliss-reactive ketones (excluding diaryl/α,β-unsaturated/α-hetero) is 2. The van der Waals surface area contributed by atoms with Crippen molar-refractivity contribution in [1.29, 1.82) is 0 Å². The quantitative estimate of drug-likeness (QED) is 0.449. The van der Waals surface area contributed by atoms with E-state index in [-0.39, 0.29) is 26.1 Å². The van der Waals surface area contributed by atoms with Gasteiger partial charge in [-0.3, -0.25) is 9.59 Å². The SMILES string of the molecule is CCCOC(=O)C(=O)CCC(=O)C(=O)OCCC. The first-order valence-corrected chi connectivity index (χ1v) is 5.92. The zero-order valence-electron chi connectivity index (χ0n) is 10.7. The molecule has 6 heteroatoms. The molecule has 0 aliphatic carbocycles. The van der Waals surface area contributed by atoms with Crippen molar-refractivity contribution in [2.45, 2.75) is 39.5 Å². The molecule has 0 aromatic carbocycles. The van der Waals surface area contributed by atoms with Crippen molar-refractivity contribution < 1.29 is 28.7 Å². The van der Waals surface area contributed by atoms with Gasteiger partial charge in [-0.2, -0.15) is 0 Å².